The molecule has 2 rings (SSSR count). The molecule has 1 aliphatic rings. The van der Waals surface area contributed by atoms with Crippen molar-refractivity contribution in [2.24, 2.45) is 5.41 Å². The van der Waals surface area contributed by atoms with Crippen LogP contribution in [-0.4, -0.2) is 39.0 Å². The van der Waals surface area contributed by atoms with E-state index in [1.807, 2.05) is 0 Å². The molecule has 0 amide bonds. The summed E-state index contributed by atoms with van der Waals surface area (Å²) < 4.78 is 5.98. The van der Waals surface area contributed by atoms with Crippen LogP contribution < -0.4 is 0 Å². The second-order valence-electron chi connectivity index (χ2n) is 4.32. The van der Waals surface area contributed by atoms with E-state index in [0.717, 1.165) is 18.6 Å². The zero-order chi connectivity index (χ0) is 13.0. The molecule has 0 atom stereocenters. The Morgan fingerprint density at radius 2 is 2.44 bits per heavy atom. The molecule has 0 N–H and O–H groups in total. The summed E-state index contributed by atoms with van der Waals surface area (Å²) in [5.74, 6) is 0.421. The van der Waals surface area contributed by atoms with Gasteiger partial charge in [-0.15, -0.1) is 5.10 Å². The van der Waals surface area contributed by atoms with Gasteiger partial charge in [0.25, 0.3) is 0 Å². The van der Waals surface area contributed by atoms with Gasteiger partial charge < -0.3 is 4.74 Å². The number of carbonyl (C=O) groups excluding carboxylic acids is 1. The highest BCUT2D eigenvalue weighted by Crippen LogP contribution is 2.51. The number of methoxy groups -OCH3 is 1. The summed E-state index contributed by atoms with van der Waals surface area (Å²) >= 11 is 1.48. The minimum absolute atomic E-state index is 0.0110. The topological polar surface area (TPSA) is 93.7 Å². The Morgan fingerprint density at radius 3 is 3.06 bits per heavy atom. The molecule has 0 radical (unpaired) electrons. The number of hydrogen-bond donors (Lipinski definition) is 0. The van der Waals surface area contributed by atoms with Crippen LogP contribution in [0.2, 0.25) is 0 Å². The van der Waals surface area contributed by atoms with Gasteiger partial charge in [-0.3, -0.25) is 4.79 Å². The number of nitrogens with zero attached hydrogens (tertiary/aromatic N) is 5. The van der Waals surface area contributed by atoms with Gasteiger partial charge in [0.15, 0.2) is 0 Å². The molecular weight excluding hydrogens is 254 g/mol. The van der Waals surface area contributed by atoms with Gasteiger partial charge in [-0.2, -0.15) is 5.26 Å². The van der Waals surface area contributed by atoms with Crippen LogP contribution in [-0.2, 0) is 16.1 Å². The van der Waals surface area contributed by atoms with Gasteiger partial charge >= 0.3 is 5.97 Å². The first-order chi connectivity index (χ1) is 8.69. The highest BCUT2D eigenvalue weighted by Gasteiger charge is 2.42. The first-order valence-corrected chi connectivity index (χ1v) is 6.50. The molecule has 0 aliphatic heterocycles. The molecule has 1 saturated carbocycles. The smallest absolute Gasteiger partial charge is 0.327 e. The van der Waals surface area contributed by atoms with Crippen LogP contribution in [0, 0.1) is 16.7 Å². The van der Waals surface area contributed by atoms with E-state index in [1.165, 1.54) is 23.6 Å². The largest absolute Gasteiger partial charge is 0.468 e. The Balaban J connectivity index is 1.92. The van der Waals surface area contributed by atoms with Crippen LogP contribution in [0.25, 0.3) is 0 Å². The zero-order valence-electron chi connectivity index (χ0n) is 10.00. The number of ether oxygens (including phenoxy) is 1. The van der Waals surface area contributed by atoms with E-state index in [1.54, 1.807) is 0 Å². The number of rotatable bonds is 6. The summed E-state index contributed by atoms with van der Waals surface area (Å²) in [4.78, 5) is 11.2. The predicted octanol–water partition coefficient (Wildman–Crippen LogP) is 0.632. The van der Waals surface area contributed by atoms with Crippen molar-refractivity contribution in [2.45, 2.75) is 31.0 Å². The maximum atomic E-state index is 11.2. The number of esters is 1. The van der Waals surface area contributed by atoms with E-state index in [4.69, 9.17) is 5.26 Å². The molecule has 8 heteroatoms. The Morgan fingerprint density at radius 1 is 1.67 bits per heavy atom. The maximum absolute atomic E-state index is 11.2. The van der Waals surface area contributed by atoms with E-state index in [2.05, 4.69) is 26.3 Å². The van der Waals surface area contributed by atoms with Crippen molar-refractivity contribution >= 4 is 17.7 Å². The molecule has 0 spiro atoms. The molecule has 0 bridgehead atoms. The van der Waals surface area contributed by atoms with Crippen molar-refractivity contribution < 1.29 is 9.53 Å². The molecule has 96 valence electrons. The quantitative estimate of drug-likeness (QED) is 0.551. The van der Waals surface area contributed by atoms with Crippen molar-refractivity contribution in [1.82, 2.24) is 20.2 Å². The van der Waals surface area contributed by atoms with Crippen LogP contribution in [0.4, 0.5) is 0 Å². The third-order valence-electron chi connectivity index (χ3n) is 2.92. The van der Waals surface area contributed by atoms with Crippen molar-refractivity contribution in [1.29, 1.82) is 5.26 Å². The van der Waals surface area contributed by atoms with Gasteiger partial charge in [0, 0.05) is 12.2 Å². The monoisotopic (exact) mass is 267 g/mol. The number of tetrazole rings is 1. The molecule has 1 heterocycles. The Hall–Kier alpha value is -1.62. The van der Waals surface area contributed by atoms with Crippen LogP contribution in [0.15, 0.2) is 5.16 Å². The van der Waals surface area contributed by atoms with Crippen LogP contribution >= 0.6 is 11.8 Å². The van der Waals surface area contributed by atoms with Gasteiger partial charge in [0.2, 0.25) is 5.16 Å². The van der Waals surface area contributed by atoms with E-state index < -0.39 is 0 Å². The Bertz CT molecular complexity index is 477. The minimum Gasteiger partial charge on any atom is -0.468 e. The van der Waals surface area contributed by atoms with Gasteiger partial charge in [-0.1, -0.05) is 11.8 Å². The fraction of sp³-hybridized carbons (Fsp3) is 0.700. The molecule has 1 fully saturated rings. The molecule has 0 aromatic carbocycles. The summed E-state index contributed by atoms with van der Waals surface area (Å²) in [5.41, 5.74) is 0.126. The second-order valence-corrected chi connectivity index (χ2v) is 5.26. The molecule has 7 nitrogen and oxygen atoms in total. The van der Waals surface area contributed by atoms with E-state index in [-0.39, 0.29) is 17.9 Å². The van der Waals surface area contributed by atoms with E-state index in [0.29, 0.717) is 11.6 Å². The van der Waals surface area contributed by atoms with Gasteiger partial charge in [0.05, 0.1) is 13.2 Å². The van der Waals surface area contributed by atoms with E-state index in [9.17, 15) is 4.79 Å². The van der Waals surface area contributed by atoms with Crippen molar-refractivity contribution in [3.05, 3.63) is 0 Å². The summed E-state index contributed by atoms with van der Waals surface area (Å²) in [5, 5.41) is 20.5. The number of carbonyl (C=O) groups is 1. The van der Waals surface area contributed by atoms with E-state index >= 15 is 0 Å². The lowest BCUT2D eigenvalue weighted by atomic mass is 10.1. The zero-order valence-corrected chi connectivity index (χ0v) is 10.8. The lowest BCUT2D eigenvalue weighted by Crippen LogP contribution is -2.14. The summed E-state index contributed by atoms with van der Waals surface area (Å²) in [6.07, 6.45) is 2.72. The summed E-state index contributed by atoms with van der Waals surface area (Å²) in [7, 11) is 1.33. The molecule has 0 saturated heterocycles. The third-order valence-corrected chi connectivity index (χ3v) is 4.23. The molecule has 1 aromatic rings. The average Bonchev–Trinajstić information content (AvgIpc) is 2.99. The SMILES string of the molecule is COC(=O)Cn1nnnc1SCC1(CC#N)CC1. The fourth-order valence-electron chi connectivity index (χ4n) is 1.52. The number of hydrogen-bond acceptors (Lipinski definition) is 7. The second kappa shape index (κ2) is 5.35. The third kappa shape index (κ3) is 2.98. The maximum Gasteiger partial charge on any atom is 0.327 e. The summed E-state index contributed by atoms with van der Waals surface area (Å²) in [6, 6.07) is 2.21. The van der Waals surface area contributed by atoms with Gasteiger partial charge in [-0.05, 0) is 28.7 Å². The fourth-order valence-corrected chi connectivity index (χ4v) is 2.69. The van der Waals surface area contributed by atoms with Crippen molar-refractivity contribution in [3.8, 4) is 6.07 Å². The van der Waals surface area contributed by atoms with Crippen LogP contribution in [0.1, 0.15) is 19.3 Å². The van der Waals surface area contributed by atoms with Crippen LogP contribution in [0.5, 0.6) is 0 Å². The van der Waals surface area contributed by atoms with Gasteiger partial charge in [-0.25, -0.2) is 4.68 Å². The van der Waals surface area contributed by atoms with Crippen molar-refractivity contribution in [3.63, 3.8) is 0 Å². The lowest BCUT2D eigenvalue weighted by Gasteiger charge is -2.09. The van der Waals surface area contributed by atoms with Crippen LogP contribution in [0.3, 0.4) is 0 Å². The molecule has 1 aliphatic carbocycles. The highest BCUT2D eigenvalue weighted by atomic mass is 32.2. The number of thioether (sulfide) groups is 1. The highest BCUT2D eigenvalue weighted by molar-refractivity contribution is 7.99. The Kier molecular flexibility index (Phi) is 3.81. The average molecular weight is 267 g/mol. The molecule has 18 heavy (non-hydrogen) atoms. The first kappa shape index (κ1) is 12.8. The lowest BCUT2D eigenvalue weighted by molar-refractivity contribution is -0.141. The molecular formula is C10H13N5O2S. The number of nitriles is 1. The molecule has 1 aromatic heterocycles. The number of aromatic nitrogens is 4. The summed E-state index contributed by atoms with van der Waals surface area (Å²) in [6.45, 7) is 0.0110. The van der Waals surface area contributed by atoms with Crippen molar-refractivity contribution in [2.75, 3.05) is 12.9 Å². The standard InChI is InChI=1S/C10H13N5O2S/c1-17-8(16)6-15-9(12-13-14-15)18-7-10(2-3-10)4-5-11/h2-4,6-7H2,1H3. The predicted molar refractivity (Wildman–Crippen MR) is 62.5 cm³/mol. The van der Waals surface area contributed by atoms with Gasteiger partial charge in [0.1, 0.15) is 6.54 Å². The Labute approximate surface area is 108 Å². The first-order valence-electron chi connectivity index (χ1n) is 5.52. The normalized spacial score (nSPS) is 16.0. The minimum atomic E-state index is -0.387. The molecule has 0 unspecified atom stereocenters.